The molecule has 20 heavy (non-hydrogen) atoms. The number of aromatic nitrogens is 3. The molecule has 0 spiro atoms. The van der Waals surface area contributed by atoms with E-state index in [1.54, 1.807) is 12.4 Å². The molecule has 0 aliphatic heterocycles. The van der Waals surface area contributed by atoms with Crippen LogP contribution >= 0.6 is 11.6 Å². The lowest BCUT2D eigenvalue weighted by Gasteiger charge is -2.09. The zero-order valence-electron chi connectivity index (χ0n) is 11.2. The molecular formula is C15H13ClN4. The van der Waals surface area contributed by atoms with Crippen LogP contribution in [0.2, 0.25) is 5.02 Å². The number of halogens is 1. The maximum Gasteiger partial charge on any atom is 0.163 e. The molecule has 3 rings (SSSR count). The van der Waals surface area contributed by atoms with Crippen LogP contribution in [-0.2, 0) is 0 Å². The number of aryl methyl sites for hydroxylation is 1. The van der Waals surface area contributed by atoms with E-state index in [9.17, 15) is 0 Å². The predicted octanol–water partition coefficient (Wildman–Crippen LogP) is 3.70. The third kappa shape index (κ3) is 2.18. The molecule has 0 fully saturated rings. The molecule has 0 radical (unpaired) electrons. The van der Waals surface area contributed by atoms with E-state index in [1.807, 2.05) is 38.2 Å². The lowest BCUT2D eigenvalue weighted by molar-refractivity contribution is 1.19. The minimum atomic E-state index is 0.634. The quantitative estimate of drug-likeness (QED) is 0.780. The Labute approximate surface area is 121 Å². The molecule has 2 aromatic heterocycles. The van der Waals surface area contributed by atoms with E-state index in [-0.39, 0.29) is 0 Å². The highest BCUT2D eigenvalue weighted by Crippen LogP contribution is 2.28. The van der Waals surface area contributed by atoms with E-state index in [2.05, 4.69) is 20.3 Å². The number of hydrogen-bond donors (Lipinski definition) is 1. The van der Waals surface area contributed by atoms with Crippen LogP contribution < -0.4 is 5.32 Å². The fourth-order valence-corrected chi connectivity index (χ4v) is 2.23. The van der Waals surface area contributed by atoms with Crippen LogP contribution in [0.4, 0.5) is 5.82 Å². The third-order valence-electron chi connectivity index (χ3n) is 3.13. The van der Waals surface area contributed by atoms with Gasteiger partial charge in [0.25, 0.3) is 0 Å². The van der Waals surface area contributed by atoms with Gasteiger partial charge in [-0.25, -0.2) is 9.97 Å². The van der Waals surface area contributed by atoms with Crippen molar-refractivity contribution in [2.75, 3.05) is 12.4 Å². The molecule has 0 amide bonds. The number of pyridine rings is 1. The maximum atomic E-state index is 6.19. The number of rotatable bonds is 2. The van der Waals surface area contributed by atoms with Gasteiger partial charge in [-0.05, 0) is 36.8 Å². The second-order valence-electron chi connectivity index (χ2n) is 4.51. The summed E-state index contributed by atoms with van der Waals surface area (Å²) in [5.41, 5.74) is 2.70. The Kier molecular flexibility index (Phi) is 3.24. The van der Waals surface area contributed by atoms with Crippen molar-refractivity contribution in [3.63, 3.8) is 0 Å². The molecule has 0 saturated heterocycles. The van der Waals surface area contributed by atoms with E-state index >= 15 is 0 Å². The van der Waals surface area contributed by atoms with E-state index in [0.717, 1.165) is 27.8 Å². The Balaban J connectivity index is 2.29. The van der Waals surface area contributed by atoms with Crippen molar-refractivity contribution >= 4 is 28.3 Å². The summed E-state index contributed by atoms with van der Waals surface area (Å²) in [6.07, 6.45) is 3.47. The highest BCUT2D eigenvalue weighted by molar-refractivity contribution is 6.32. The zero-order valence-corrected chi connectivity index (χ0v) is 11.9. The van der Waals surface area contributed by atoms with Gasteiger partial charge in [0.05, 0.1) is 5.52 Å². The second kappa shape index (κ2) is 5.06. The van der Waals surface area contributed by atoms with Gasteiger partial charge in [0, 0.05) is 35.4 Å². The molecule has 4 nitrogen and oxygen atoms in total. The summed E-state index contributed by atoms with van der Waals surface area (Å²) in [7, 11) is 1.85. The van der Waals surface area contributed by atoms with Gasteiger partial charge in [0.2, 0.25) is 0 Å². The van der Waals surface area contributed by atoms with Crippen molar-refractivity contribution in [1.82, 2.24) is 15.0 Å². The zero-order chi connectivity index (χ0) is 14.1. The molecule has 0 unspecified atom stereocenters. The van der Waals surface area contributed by atoms with E-state index < -0.39 is 0 Å². The van der Waals surface area contributed by atoms with Gasteiger partial charge < -0.3 is 5.32 Å². The first-order valence-electron chi connectivity index (χ1n) is 6.25. The highest BCUT2D eigenvalue weighted by Gasteiger charge is 2.10. The summed E-state index contributed by atoms with van der Waals surface area (Å²) >= 11 is 6.19. The number of anilines is 1. The molecule has 5 heteroatoms. The molecule has 100 valence electrons. The van der Waals surface area contributed by atoms with E-state index in [4.69, 9.17) is 11.6 Å². The summed E-state index contributed by atoms with van der Waals surface area (Å²) in [6, 6.07) is 7.67. The minimum absolute atomic E-state index is 0.634. The first kappa shape index (κ1) is 12.8. The summed E-state index contributed by atoms with van der Waals surface area (Å²) in [5, 5.41) is 4.78. The maximum absolute atomic E-state index is 6.19. The molecule has 1 aromatic carbocycles. The van der Waals surface area contributed by atoms with Gasteiger partial charge in [0.1, 0.15) is 5.82 Å². The Morgan fingerprint density at radius 2 is 2.05 bits per heavy atom. The fourth-order valence-electron chi connectivity index (χ4n) is 2.07. The topological polar surface area (TPSA) is 50.7 Å². The molecule has 0 saturated carbocycles. The van der Waals surface area contributed by atoms with Gasteiger partial charge in [-0.2, -0.15) is 0 Å². The lowest BCUT2D eigenvalue weighted by atomic mass is 10.1. The van der Waals surface area contributed by atoms with Crippen LogP contribution in [0.15, 0.2) is 36.7 Å². The van der Waals surface area contributed by atoms with Crippen LogP contribution in [0.25, 0.3) is 22.3 Å². The Hall–Kier alpha value is -2.20. The summed E-state index contributed by atoms with van der Waals surface area (Å²) in [4.78, 5) is 13.2. The van der Waals surface area contributed by atoms with Crippen molar-refractivity contribution in [2.45, 2.75) is 6.92 Å². The Morgan fingerprint density at radius 3 is 2.75 bits per heavy atom. The molecule has 1 N–H and O–H groups in total. The smallest absolute Gasteiger partial charge is 0.163 e. The fraction of sp³-hybridized carbons (Fsp3) is 0.133. The molecule has 0 bridgehead atoms. The van der Waals surface area contributed by atoms with Crippen LogP contribution in [0.3, 0.4) is 0 Å². The number of nitrogens with one attached hydrogen (secondary N) is 1. The van der Waals surface area contributed by atoms with Gasteiger partial charge in [-0.1, -0.05) is 11.6 Å². The van der Waals surface area contributed by atoms with E-state index in [1.165, 1.54) is 0 Å². The molecule has 0 atom stereocenters. The van der Waals surface area contributed by atoms with Crippen molar-refractivity contribution < 1.29 is 0 Å². The van der Waals surface area contributed by atoms with Crippen LogP contribution in [-0.4, -0.2) is 22.0 Å². The third-order valence-corrected chi connectivity index (χ3v) is 3.54. The standard InChI is InChI=1S/C15H13ClN4/c1-9-6-11-13(7-12(9)16)19-14(20-15(11)17-2)10-4-3-5-18-8-10/h3-8H,1-2H3,(H,17,19,20). The highest BCUT2D eigenvalue weighted by atomic mass is 35.5. The molecule has 3 aromatic rings. The van der Waals surface area contributed by atoms with Gasteiger partial charge in [0.15, 0.2) is 5.82 Å². The summed E-state index contributed by atoms with van der Waals surface area (Å²) < 4.78 is 0. The molecule has 0 aliphatic carbocycles. The number of hydrogen-bond acceptors (Lipinski definition) is 4. The van der Waals surface area contributed by atoms with Crippen LogP contribution in [0.1, 0.15) is 5.56 Å². The largest absolute Gasteiger partial charge is 0.373 e. The molecule has 0 aliphatic rings. The van der Waals surface area contributed by atoms with Crippen LogP contribution in [0, 0.1) is 6.92 Å². The number of nitrogens with zero attached hydrogens (tertiary/aromatic N) is 3. The average molecular weight is 285 g/mol. The minimum Gasteiger partial charge on any atom is -0.373 e. The lowest BCUT2D eigenvalue weighted by Crippen LogP contribution is -1.99. The van der Waals surface area contributed by atoms with Gasteiger partial charge >= 0.3 is 0 Å². The van der Waals surface area contributed by atoms with E-state index in [0.29, 0.717) is 10.8 Å². The summed E-state index contributed by atoms with van der Waals surface area (Å²) in [5.74, 6) is 1.42. The van der Waals surface area contributed by atoms with Crippen molar-refractivity contribution in [3.05, 3.63) is 47.2 Å². The summed E-state index contributed by atoms with van der Waals surface area (Å²) in [6.45, 7) is 1.97. The van der Waals surface area contributed by atoms with Crippen LogP contribution in [0.5, 0.6) is 0 Å². The van der Waals surface area contributed by atoms with Crippen molar-refractivity contribution in [2.24, 2.45) is 0 Å². The van der Waals surface area contributed by atoms with Crippen molar-refractivity contribution in [3.8, 4) is 11.4 Å². The van der Waals surface area contributed by atoms with Crippen molar-refractivity contribution in [1.29, 1.82) is 0 Å². The van der Waals surface area contributed by atoms with Gasteiger partial charge in [-0.3, -0.25) is 4.98 Å². The molecular weight excluding hydrogens is 272 g/mol. The monoisotopic (exact) mass is 284 g/mol. The first-order valence-corrected chi connectivity index (χ1v) is 6.63. The average Bonchev–Trinajstić information content (AvgIpc) is 2.48. The Morgan fingerprint density at radius 1 is 1.20 bits per heavy atom. The Bertz CT molecular complexity index is 772. The first-order chi connectivity index (χ1) is 9.69. The number of benzene rings is 1. The SMILES string of the molecule is CNc1nc(-c2cccnc2)nc2cc(Cl)c(C)cc12. The number of fused-ring (bicyclic) bond motifs is 1. The molecule has 2 heterocycles. The van der Waals surface area contributed by atoms with Gasteiger partial charge in [-0.15, -0.1) is 0 Å². The normalized spacial score (nSPS) is 10.8. The predicted molar refractivity (Wildman–Crippen MR) is 82.1 cm³/mol. The second-order valence-corrected chi connectivity index (χ2v) is 4.91.